The summed E-state index contributed by atoms with van der Waals surface area (Å²) in [7, 11) is 1.65. The molecule has 1 heterocycles. The Bertz CT molecular complexity index is 958. The van der Waals surface area contributed by atoms with Gasteiger partial charge >= 0.3 is 5.97 Å². The van der Waals surface area contributed by atoms with Gasteiger partial charge in [0.1, 0.15) is 12.4 Å². The first-order valence-corrected chi connectivity index (χ1v) is 12.9. The molecule has 0 radical (unpaired) electrons. The molecule has 3 rings (SSSR count). The summed E-state index contributed by atoms with van der Waals surface area (Å²) in [5.41, 5.74) is 3.73. The number of aryl methyl sites for hydroxylation is 2. The number of amides is 1. The van der Waals surface area contributed by atoms with Crippen LogP contribution in [-0.4, -0.2) is 49.1 Å². The van der Waals surface area contributed by atoms with E-state index in [4.69, 9.17) is 9.47 Å². The Morgan fingerprint density at radius 1 is 1.00 bits per heavy atom. The lowest BCUT2D eigenvalue weighted by Crippen LogP contribution is -2.62. The summed E-state index contributed by atoms with van der Waals surface area (Å²) in [4.78, 5) is 26.9. The van der Waals surface area contributed by atoms with Gasteiger partial charge in [0.05, 0.1) is 20.2 Å². The molecule has 2 aromatic rings. The highest BCUT2D eigenvalue weighted by atomic mass is 16.5. The molecule has 1 amide bonds. The largest absolute Gasteiger partial charge is 0.497 e. The number of hydrogen-bond donors (Lipinski definition) is 1. The molecule has 0 aliphatic carbocycles. The van der Waals surface area contributed by atoms with E-state index in [2.05, 4.69) is 12.2 Å². The van der Waals surface area contributed by atoms with Gasteiger partial charge in [0.2, 0.25) is 0 Å². The molecular formula is C29H41N2O4+. The Kier molecular flexibility index (Phi) is 9.73. The Hall–Kier alpha value is -2.86. The summed E-state index contributed by atoms with van der Waals surface area (Å²) in [6.07, 6.45) is 5.90. The zero-order valence-electron chi connectivity index (χ0n) is 21.8. The standard InChI is InChI=1S/C29H40N2O4/c1-5-13-26(29(33)30-28-22(2)18-25(34-4)19-23(28)3)31(16-11-6-7-12-17-31)20-27(32)35-21-24-14-9-8-10-15-24/h8-10,14-15,18-19,26H,5-7,11-13,16-17,20-21H2,1-4H3/p+1. The third-order valence-electron chi connectivity index (χ3n) is 7.16. The summed E-state index contributed by atoms with van der Waals surface area (Å²) in [6, 6.07) is 13.3. The number of anilines is 1. The molecule has 1 atom stereocenters. The van der Waals surface area contributed by atoms with Crippen molar-refractivity contribution in [1.82, 2.24) is 0 Å². The number of ether oxygens (including phenoxy) is 2. The Balaban J connectivity index is 1.83. The molecule has 6 heteroatoms. The van der Waals surface area contributed by atoms with Crippen LogP contribution < -0.4 is 10.1 Å². The van der Waals surface area contributed by atoms with Crippen LogP contribution >= 0.6 is 0 Å². The highest BCUT2D eigenvalue weighted by Crippen LogP contribution is 2.30. The Labute approximate surface area is 210 Å². The van der Waals surface area contributed by atoms with Crippen LogP contribution in [-0.2, 0) is 20.9 Å². The van der Waals surface area contributed by atoms with E-state index in [0.717, 1.165) is 79.7 Å². The minimum Gasteiger partial charge on any atom is -0.497 e. The van der Waals surface area contributed by atoms with Gasteiger partial charge in [-0.05, 0) is 74.8 Å². The summed E-state index contributed by atoms with van der Waals surface area (Å²) in [6.45, 7) is 8.19. The topological polar surface area (TPSA) is 64.6 Å². The molecular weight excluding hydrogens is 440 g/mol. The minimum absolute atomic E-state index is 0.0130. The van der Waals surface area contributed by atoms with Gasteiger partial charge in [-0.2, -0.15) is 0 Å². The average molecular weight is 482 g/mol. The van der Waals surface area contributed by atoms with Gasteiger partial charge in [-0.15, -0.1) is 0 Å². The van der Waals surface area contributed by atoms with E-state index in [-0.39, 0.29) is 31.1 Å². The smallest absolute Gasteiger partial charge is 0.362 e. The number of quaternary nitrogens is 1. The van der Waals surface area contributed by atoms with Crippen LogP contribution in [0.4, 0.5) is 5.69 Å². The molecule has 1 N–H and O–H groups in total. The fraction of sp³-hybridized carbons (Fsp3) is 0.517. The summed E-state index contributed by atoms with van der Waals surface area (Å²) in [5.74, 6) is 0.530. The van der Waals surface area contributed by atoms with Gasteiger partial charge in [0, 0.05) is 12.1 Å². The Morgan fingerprint density at radius 2 is 1.63 bits per heavy atom. The number of hydrogen-bond acceptors (Lipinski definition) is 4. The van der Waals surface area contributed by atoms with Crippen molar-refractivity contribution >= 4 is 17.6 Å². The molecule has 1 fully saturated rings. The van der Waals surface area contributed by atoms with Gasteiger partial charge in [-0.3, -0.25) is 4.79 Å². The highest BCUT2D eigenvalue weighted by Gasteiger charge is 2.43. The van der Waals surface area contributed by atoms with Crippen molar-refractivity contribution in [2.45, 2.75) is 71.9 Å². The fourth-order valence-electron chi connectivity index (χ4n) is 5.31. The maximum Gasteiger partial charge on any atom is 0.362 e. The minimum atomic E-state index is -0.303. The lowest BCUT2D eigenvalue weighted by molar-refractivity contribution is -0.935. The quantitative estimate of drug-likeness (QED) is 0.357. The van der Waals surface area contributed by atoms with E-state index in [1.54, 1.807) is 7.11 Å². The summed E-state index contributed by atoms with van der Waals surface area (Å²) >= 11 is 0. The molecule has 1 saturated heterocycles. The number of carbonyl (C=O) groups is 2. The van der Waals surface area contributed by atoms with Crippen molar-refractivity contribution in [2.24, 2.45) is 0 Å². The molecule has 0 spiro atoms. The van der Waals surface area contributed by atoms with Crippen LogP contribution in [0.15, 0.2) is 42.5 Å². The lowest BCUT2D eigenvalue weighted by Gasteiger charge is -2.42. The molecule has 2 aromatic carbocycles. The van der Waals surface area contributed by atoms with Gasteiger partial charge in [0.25, 0.3) is 5.91 Å². The van der Waals surface area contributed by atoms with Crippen molar-refractivity contribution in [3.8, 4) is 5.75 Å². The zero-order valence-corrected chi connectivity index (χ0v) is 21.8. The SMILES string of the molecule is CCCC(C(=O)Nc1c(C)cc(OC)cc1C)[N+]1(CC(=O)OCc2ccccc2)CCCCCC1. The van der Waals surface area contributed by atoms with Crippen molar-refractivity contribution in [1.29, 1.82) is 0 Å². The van der Waals surface area contributed by atoms with E-state index < -0.39 is 0 Å². The maximum absolute atomic E-state index is 13.8. The second-order valence-electron chi connectivity index (χ2n) is 9.81. The van der Waals surface area contributed by atoms with Gasteiger partial charge in [0.15, 0.2) is 12.6 Å². The number of rotatable bonds is 10. The number of benzene rings is 2. The number of likely N-dealkylation sites (tertiary alicyclic amines) is 1. The van der Waals surface area contributed by atoms with E-state index in [0.29, 0.717) is 4.48 Å². The fourth-order valence-corrected chi connectivity index (χ4v) is 5.31. The molecule has 1 unspecified atom stereocenters. The van der Waals surface area contributed by atoms with Crippen molar-refractivity contribution < 1.29 is 23.5 Å². The lowest BCUT2D eigenvalue weighted by atomic mass is 10.0. The number of nitrogens with zero attached hydrogens (tertiary/aromatic N) is 1. The van der Waals surface area contributed by atoms with E-state index >= 15 is 0 Å². The van der Waals surface area contributed by atoms with Crippen molar-refractivity contribution in [3.05, 3.63) is 59.2 Å². The number of esters is 1. The summed E-state index contributed by atoms with van der Waals surface area (Å²) < 4.78 is 11.5. The predicted octanol–water partition coefficient (Wildman–Crippen LogP) is 5.55. The molecule has 1 aliphatic rings. The molecule has 1 aliphatic heterocycles. The van der Waals surface area contributed by atoms with Crippen LogP contribution in [0.25, 0.3) is 0 Å². The molecule has 0 saturated carbocycles. The third-order valence-corrected chi connectivity index (χ3v) is 7.16. The van der Waals surface area contributed by atoms with Crippen molar-refractivity contribution in [2.75, 3.05) is 32.1 Å². The molecule has 35 heavy (non-hydrogen) atoms. The van der Waals surface area contributed by atoms with Gasteiger partial charge in [-0.1, -0.05) is 37.3 Å². The average Bonchev–Trinajstić information content (AvgIpc) is 3.09. The zero-order chi connectivity index (χ0) is 25.3. The summed E-state index contributed by atoms with van der Waals surface area (Å²) in [5, 5.41) is 3.23. The van der Waals surface area contributed by atoms with E-state index in [9.17, 15) is 9.59 Å². The van der Waals surface area contributed by atoms with E-state index in [1.165, 1.54) is 0 Å². The first-order valence-electron chi connectivity index (χ1n) is 12.9. The predicted molar refractivity (Wildman–Crippen MR) is 139 cm³/mol. The Morgan fingerprint density at radius 3 is 2.20 bits per heavy atom. The maximum atomic E-state index is 13.8. The molecule has 6 nitrogen and oxygen atoms in total. The van der Waals surface area contributed by atoms with Crippen LogP contribution in [0.3, 0.4) is 0 Å². The van der Waals surface area contributed by atoms with Gasteiger partial charge < -0.3 is 19.3 Å². The third kappa shape index (κ3) is 7.07. The van der Waals surface area contributed by atoms with Crippen LogP contribution in [0.1, 0.15) is 62.1 Å². The first kappa shape index (κ1) is 26.7. The van der Waals surface area contributed by atoms with Crippen LogP contribution in [0.2, 0.25) is 0 Å². The van der Waals surface area contributed by atoms with Gasteiger partial charge in [-0.25, -0.2) is 4.79 Å². The molecule has 0 bridgehead atoms. The monoisotopic (exact) mass is 481 g/mol. The second kappa shape index (κ2) is 12.7. The second-order valence-corrected chi connectivity index (χ2v) is 9.81. The van der Waals surface area contributed by atoms with Crippen LogP contribution in [0, 0.1) is 13.8 Å². The highest BCUT2D eigenvalue weighted by molar-refractivity contribution is 5.95. The van der Waals surface area contributed by atoms with Crippen LogP contribution in [0.5, 0.6) is 5.75 Å². The normalized spacial score (nSPS) is 16.1. The molecule has 190 valence electrons. The number of carbonyl (C=O) groups excluding carboxylic acids is 2. The van der Waals surface area contributed by atoms with Crippen molar-refractivity contribution in [3.63, 3.8) is 0 Å². The number of methoxy groups -OCH3 is 1. The number of nitrogens with one attached hydrogen (secondary N) is 1. The first-order chi connectivity index (χ1) is 16.9. The molecule has 0 aromatic heterocycles. The van der Waals surface area contributed by atoms with E-state index in [1.807, 2.05) is 56.3 Å².